The van der Waals surface area contributed by atoms with E-state index >= 15 is 0 Å². The molecule has 1 aromatic rings. The number of hydrogen-bond donors (Lipinski definition) is 0. The number of hydrogen-bond acceptors (Lipinski definition) is 13. The average Bonchev–Trinajstić information content (AvgIpc) is 3.35. The maximum atomic E-state index is 12.5. The van der Waals surface area contributed by atoms with Gasteiger partial charge in [-0.25, -0.2) is 28.8 Å². The SMILES string of the molecule is C=C(C)C(=O)OCC(COC(=O)OCC1COC(=O)O1)OC(=O)c1ccc2c(c1)C(=O)OC2=O. The van der Waals surface area contributed by atoms with Crippen LogP contribution in [0.1, 0.15) is 38.0 Å². The van der Waals surface area contributed by atoms with Gasteiger partial charge >= 0.3 is 36.2 Å². The van der Waals surface area contributed by atoms with Crippen molar-refractivity contribution in [3.05, 3.63) is 47.0 Å². The summed E-state index contributed by atoms with van der Waals surface area (Å²) in [5, 5.41) is 0. The van der Waals surface area contributed by atoms with Crippen molar-refractivity contribution in [3.8, 4) is 0 Å². The second kappa shape index (κ2) is 10.5. The van der Waals surface area contributed by atoms with Gasteiger partial charge in [-0.3, -0.25) is 0 Å². The third-order valence-corrected chi connectivity index (χ3v) is 4.33. The molecule has 0 N–H and O–H groups in total. The van der Waals surface area contributed by atoms with E-state index in [0.717, 1.165) is 6.07 Å². The van der Waals surface area contributed by atoms with Gasteiger partial charge in [-0.2, -0.15) is 0 Å². The number of cyclic esters (lactones) is 4. The Morgan fingerprint density at radius 2 is 1.76 bits per heavy atom. The molecule has 0 amide bonds. The van der Waals surface area contributed by atoms with Crippen LogP contribution in [0, 0.1) is 0 Å². The smallest absolute Gasteiger partial charge is 0.458 e. The van der Waals surface area contributed by atoms with E-state index in [9.17, 15) is 28.8 Å². The number of carbonyl (C=O) groups is 6. The summed E-state index contributed by atoms with van der Waals surface area (Å²) in [4.78, 5) is 70.1. The predicted octanol–water partition coefficient (Wildman–Crippen LogP) is 1.33. The standard InChI is InChI=1S/C21H18O13/c1-10(2)16(22)28-6-12(7-29-20(26)30-8-13-9-31-21(27)33-13)32-17(23)11-3-4-14-15(5-11)19(25)34-18(14)24/h3-5,12-13H,1,6-9H2,2H3. The molecule has 0 aromatic heterocycles. The minimum absolute atomic E-state index is 0.00194. The first-order chi connectivity index (χ1) is 16.1. The molecule has 180 valence electrons. The molecule has 2 atom stereocenters. The Balaban J connectivity index is 1.59. The fourth-order valence-electron chi connectivity index (χ4n) is 2.65. The van der Waals surface area contributed by atoms with Gasteiger partial charge in [0, 0.05) is 5.57 Å². The van der Waals surface area contributed by atoms with Crippen molar-refractivity contribution in [1.29, 1.82) is 0 Å². The van der Waals surface area contributed by atoms with E-state index in [4.69, 9.17) is 18.9 Å². The molecule has 0 spiro atoms. The van der Waals surface area contributed by atoms with Gasteiger partial charge in [0.25, 0.3) is 0 Å². The molecule has 34 heavy (non-hydrogen) atoms. The molecule has 0 aliphatic carbocycles. The van der Waals surface area contributed by atoms with E-state index in [1.54, 1.807) is 0 Å². The van der Waals surface area contributed by atoms with E-state index in [-0.39, 0.29) is 35.5 Å². The number of esters is 4. The lowest BCUT2D eigenvalue weighted by Crippen LogP contribution is -2.31. The maximum absolute atomic E-state index is 12.5. The minimum Gasteiger partial charge on any atom is -0.458 e. The molecular weight excluding hydrogens is 460 g/mol. The largest absolute Gasteiger partial charge is 0.508 e. The first kappa shape index (κ1) is 24.2. The second-order valence-electron chi connectivity index (χ2n) is 7.02. The zero-order chi connectivity index (χ0) is 24.8. The molecule has 2 heterocycles. The van der Waals surface area contributed by atoms with Crippen molar-refractivity contribution >= 4 is 36.2 Å². The zero-order valence-corrected chi connectivity index (χ0v) is 17.7. The molecule has 0 radical (unpaired) electrons. The van der Waals surface area contributed by atoms with Crippen LogP contribution in [-0.4, -0.2) is 74.8 Å². The molecule has 13 nitrogen and oxygen atoms in total. The van der Waals surface area contributed by atoms with E-state index in [2.05, 4.69) is 20.8 Å². The van der Waals surface area contributed by atoms with Crippen LogP contribution in [0.3, 0.4) is 0 Å². The van der Waals surface area contributed by atoms with Crippen LogP contribution in [0.2, 0.25) is 0 Å². The number of carbonyl (C=O) groups excluding carboxylic acids is 6. The van der Waals surface area contributed by atoms with Crippen molar-refractivity contribution < 1.29 is 61.9 Å². The van der Waals surface area contributed by atoms with Gasteiger partial charge in [-0.05, 0) is 25.1 Å². The molecule has 2 aliphatic heterocycles. The lowest BCUT2D eigenvalue weighted by molar-refractivity contribution is -0.143. The van der Waals surface area contributed by atoms with Crippen molar-refractivity contribution in [3.63, 3.8) is 0 Å². The molecule has 1 aromatic carbocycles. The Morgan fingerprint density at radius 1 is 1.06 bits per heavy atom. The Morgan fingerprint density at radius 3 is 2.44 bits per heavy atom. The molecular formula is C21H18O13. The normalized spacial score (nSPS) is 17.0. The highest BCUT2D eigenvalue weighted by atomic mass is 16.8. The number of fused-ring (bicyclic) bond motifs is 1. The maximum Gasteiger partial charge on any atom is 0.508 e. The highest BCUT2D eigenvalue weighted by molar-refractivity contribution is 6.15. The third-order valence-electron chi connectivity index (χ3n) is 4.33. The monoisotopic (exact) mass is 478 g/mol. The van der Waals surface area contributed by atoms with Gasteiger partial charge in [-0.1, -0.05) is 6.58 Å². The summed E-state index contributed by atoms with van der Waals surface area (Å²) in [6.07, 6.45) is -4.12. The van der Waals surface area contributed by atoms with Crippen LogP contribution >= 0.6 is 0 Å². The van der Waals surface area contributed by atoms with Gasteiger partial charge in [0.2, 0.25) is 0 Å². The molecule has 0 bridgehead atoms. The van der Waals surface area contributed by atoms with Crippen LogP contribution < -0.4 is 0 Å². The topological polar surface area (TPSA) is 167 Å². The lowest BCUT2D eigenvalue weighted by atomic mass is 10.1. The summed E-state index contributed by atoms with van der Waals surface area (Å²) in [5.41, 5.74) is -0.133. The zero-order valence-electron chi connectivity index (χ0n) is 17.7. The van der Waals surface area contributed by atoms with Gasteiger partial charge < -0.3 is 33.2 Å². The second-order valence-corrected chi connectivity index (χ2v) is 7.02. The Labute approximate surface area is 191 Å². The summed E-state index contributed by atoms with van der Waals surface area (Å²) in [6, 6.07) is 3.57. The predicted molar refractivity (Wildman–Crippen MR) is 105 cm³/mol. The lowest BCUT2D eigenvalue weighted by Gasteiger charge is -2.18. The first-order valence-corrected chi connectivity index (χ1v) is 9.71. The van der Waals surface area contributed by atoms with Crippen molar-refractivity contribution in [1.82, 2.24) is 0 Å². The molecule has 2 aliphatic rings. The van der Waals surface area contributed by atoms with Crippen LogP contribution in [0.15, 0.2) is 30.4 Å². The Hall–Kier alpha value is -4.42. The molecule has 1 saturated heterocycles. The number of rotatable bonds is 9. The molecule has 2 unspecified atom stereocenters. The van der Waals surface area contributed by atoms with Gasteiger partial charge in [0.05, 0.1) is 16.7 Å². The first-order valence-electron chi connectivity index (χ1n) is 9.71. The summed E-state index contributed by atoms with van der Waals surface area (Å²) >= 11 is 0. The van der Waals surface area contributed by atoms with E-state index < -0.39 is 61.6 Å². The Kier molecular flexibility index (Phi) is 7.46. The quantitative estimate of drug-likeness (QED) is 0.216. The number of benzene rings is 1. The summed E-state index contributed by atoms with van der Waals surface area (Å²) < 4.78 is 33.5. The van der Waals surface area contributed by atoms with Crippen LogP contribution in [-0.2, 0) is 38.0 Å². The van der Waals surface area contributed by atoms with Crippen LogP contribution in [0.4, 0.5) is 9.59 Å². The third kappa shape index (κ3) is 6.09. The molecule has 3 rings (SSSR count). The number of ether oxygens (including phenoxy) is 7. The van der Waals surface area contributed by atoms with E-state index in [0.29, 0.717) is 0 Å². The highest BCUT2D eigenvalue weighted by Gasteiger charge is 2.31. The van der Waals surface area contributed by atoms with Crippen LogP contribution in [0.25, 0.3) is 0 Å². The highest BCUT2D eigenvalue weighted by Crippen LogP contribution is 2.22. The van der Waals surface area contributed by atoms with Crippen molar-refractivity contribution in [2.45, 2.75) is 19.1 Å². The minimum atomic E-state index is -1.27. The van der Waals surface area contributed by atoms with Gasteiger partial charge in [0.1, 0.15) is 26.4 Å². The van der Waals surface area contributed by atoms with Gasteiger partial charge in [-0.15, -0.1) is 0 Å². The molecule has 0 saturated carbocycles. The van der Waals surface area contributed by atoms with Gasteiger partial charge in [0.15, 0.2) is 12.2 Å². The van der Waals surface area contributed by atoms with Crippen molar-refractivity contribution in [2.24, 2.45) is 0 Å². The molecule has 1 fully saturated rings. The fraction of sp³-hybridized carbons (Fsp3) is 0.333. The van der Waals surface area contributed by atoms with E-state index in [1.807, 2.05) is 0 Å². The van der Waals surface area contributed by atoms with Crippen molar-refractivity contribution in [2.75, 3.05) is 26.4 Å². The Bertz CT molecular complexity index is 1060. The summed E-state index contributed by atoms with van der Waals surface area (Å²) in [5.74, 6) is -3.48. The average molecular weight is 478 g/mol. The fourth-order valence-corrected chi connectivity index (χ4v) is 2.65. The molecule has 13 heteroatoms. The van der Waals surface area contributed by atoms with Crippen LogP contribution in [0.5, 0.6) is 0 Å². The van der Waals surface area contributed by atoms with E-state index in [1.165, 1.54) is 19.1 Å². The summed E-state index contributed by atoms with van der Waals surface area (Å²) in [6.45, 7) is 3.34. The summed E-state index contributed by atoms with van der Waals surface area (Å²) in [7, 11) is 0.